The van der Waals surface area contributed by atoms with Gasteiger partial charge in [-0.1, -0.05) is 12.1 Å². The molecule has 0 fully saturated rings. The topological polar surface area (TPSA) is 119 Å². The third-order valence-corrected chi connectivity index (χ3v) is 5.17. The molecule has 8 nitrogen and oxygen atoms in total. The molecule has 1 aliphatic heterocycles. The maximum Gasteiger partial charge on any atom is 0.349 e. The summed E-state index contributed by atoms with van der Waals surface area (Å²) in [5.41, 5.74) is -1.82. The van der Waals surface area contributed by atoms with E-state index in [0.29, 0.717) is 11.1 Å². The number of pyridine rings is 2. The summed E-state index contributed by atoms with van der Waals surface area (Å²) in [5, 5.41) is 20.2. The molecule has 0 radical (unpaired) electrons. The van der Waals surface area contributed by atoms with E-state index in [1.165, 1.54) is 25.3 Å². The summed E-state index contributed by atoms with van der Waals surface area (Å²) in [6.07, 6.45) is 1.60. The molecule has 1 aliphatic rings. The molecule has 0 saturated heterocycles. The van der Waals surface area contributed by atoms with Gasteiger partial charge in [0.05, 0.1) is 6.54 Å². The minimum absolute atomic E-state index is 0.0369. The quantitative estimate of drug-likeness (QED) is 0.631. The van der Waals surface area contributed by atoms with Gasteiger partial charge in [0.15, 0.2) is 17.3 Å². The van der Waals surface area contributed by atoms with Gasteiger partial charge in [-0.05, 0) is 31.5 Å². The van der Waals surface area contributed by atoms with Gasteiger partial charge in [-0.25, -0.2) is 9.18 Å². The second kappa shape index (κ2) is 6.65. The largest absolute Gasteiger partial charge is 0.505 e. The summed E-state index contributed by atoms with van der Waals surface area (Å²) in [4.78, 5) is 41.0. The molecule has 30 heavy (non-hydrogen) atoms. The van der Waals surface area contributed by atoms with Gasteiger partial charge < -0.3 is 14.9 Å². The summed E-state index contributed by atoms with van der Waals surface area (Å²) < 4.78 is 20.2. The molecule has 9 heteroatoms. The van der Waals surface area contributed by atoms with Gasteiger partial charge in [0.2, 0.25) is 5.60 Å². The number of carboxylic acids is 1. The molecule has 154 valence electrons. The number of ketones is 1. The number of aromatic nitrogens is 2. The van der Waals surface area contributed by atoms with Gasteiger partial charge in [0, 0.05) is 18.2 Å². The molecule has 0 aliphatic carbocycles. The van der Waals surface area contributed by atoms with Crippen LogP contribution in [0.4, 0.5) is 4.39 Å². The maximum atomic E-state index is 13.2. The molecule has 1 aromatic carbocycles. The molecule has 4 rings (SSSR count). The monoisotopic (exact) mass is 412 g/mol. The van der Waals surface area contributed by atoms with Gasteiger partial charge in [0.1, 0.15) is 22.4 Å². The van der Waals surface area contributed by atoms with E-state index in [4.69, 9.17) is 4.74 Å². The molecule has 0 unspecified atom stereocenters. The Hall–Kier alpha value is -3.75. The highest BCUT2D eigenvalue weighted by atomic mass is 19.1. The Morgan fingerprint density at radius 2 is 1.97 bits per heavy atom. The highest BCUT2D eigenvalue weighted by Gasteiger charge is 2.43. The van der Waals surface area contributed by atoms with Crippen molar-refractivity contribution in [1.82, 2.24) is 9.55 Å². The summed E-state index contributed by atoms with van der Waals surface area (Å²) >= 11 is 0. The van der Waals surface area contributed by atoms with E-state index >= 15 is 0 Å². The lowest BCUT2D eigenvalue weighted by Gasteiger charge is -2.34. The van der Waals surface area contributed by atoms with E-state index in [1.807, 2.05) is 0 Å². The highest BCUT2D eigenvalue weighted by Crippen LogP contribution is 2.40. The maximum absolute atomic E-state index is 13.2. The number of hydrogen-bond donors (Lipinski definition) is 2. The van der Waals surface area contributed by atoms with Crippen molar-refractivity contribution in [3.05, 3.63) is 63.3 Å². The van der Waals surface area contributed by atoms with Gasteiger partial charge in [-0.3, -0.25) is 19.1 Å². The van der Waals surface area contributed by atoms with E-state index < -0.39 is 40.0 Å². The number of carbonyl (C=O) groups is 2. The lowest BCUT2D eigenvalue weighted by molar-refractivity contribution is -0.155. The molecule has 0 amide bonds. The Kier molecular flexibility index (Phi) is 4.34. The number of benzene rings is 1. The zero-order chi connectivity index (χ0) is 21.8. The van der Waals surface area contributed by atoms with Crippen molar-refractivity contribution in [3.8, 4) is 11.5 Å². The van der Waals surface area contributed by atoms with Crippen LogP contribution in [0.25, 0.3) is 11.0 Å². The molecule has 3 aromatic rings. The van der Waals surface area contributed by atoms with E-state index in [0.717, 1.165) is 11.5 Å². The first-order chi connectivity index (χ1) is 14.1. The number of carboxylic acid groups (broad SMARTS) is 1. The number of nitrogens with zero attached hydrogens (tertiary/aromatic N) is 2. The van der Waals surface area contributed by atoms with Crippen molar-refractivity contribution in [3.63, 3.8) is 0 Å². The Labute approximate surface area is 169 Å². The molecular formula is C21H17FN2O6. The Morgan fingerprint density at radius 3 is 2.57 bits per heavy atom. The first-order valence-corrected chi connectivity index (χ1v) is 9.07. The number of halogens is 1. The molecule has 0 bridgehead atoms. The fourth-order valence-corrected chi connectivity index (χ4v) is 3.60. The van der Waals surface area contributed by atoms with Crippen molar-refractivity contribution >= 4 is 22.8 Å². The SMILES string of the molecule is CC(=O)c1c(O)c2ncc(Cc3ccc(F)cc3)c3c2n(c1=O)C[C@@](C)(C(=O)O)O3. The van der Waals surface area contributed by atoms with Crippen LogP contribution in [-0.2, 0) is 17.8 Å². The first kappa shape index (κ1) is 19.6. The van der Waals surface area contributed by atoms with Gasteiger partial charge in [0.25, 0.3) is 5.56 Å². The smallest absolute Gasteiger partial charge is 0.349 e. The Balaban J connectivity index is 2.02. The van der Waals surface area contributed by atoms with Gasteiger partial charge >= 0.3 is 5.97 Å². The minimum atomic E-state index is -1.78. The summed E-state index contributed by atoms with van der Waals surface area (Å²) in [6, 6.07) is 5.71. The number of ether oxygens (including phenoxy) is 1. The van der Waals surface area contributed by atoms with Crippen molar-refractivity contribution in [2.45, 2.75) is 32.4 Å². The Morgan fingerprint density at radius 1 is 1.30 bits per heavy atom. The average molecular weight is 412 g/mol. The van der Waals surface area contributed by atoms with Crippen LogP contribution in [0.1, 0.15) is 35.3 Å². The normalized spacial score (nSPS) is 17.6. The number of rotatable bonds is 4. The van der Waals surface area contributed by atoms with E-state index in [-0.39, 0.29) is 29.7 Å². The molecular weight excluding hydrogens is 395 g/mol. The summed E-state index contributed by atoms with van der Waals surface area (Å²) in [5.74, 6) is -2.86. The van der Waals surface area contributed by atoms with Crippen molar-refractivity contribution in [1.29, 1.82) is 0 Å². The fourth-order valence-electron chi connectivity index (χ4n) is 3.60. The van der Waals surface area contributed by atoms with Gasteiger partial charge in [-0.15, -0.1) is 0 Å². The predicted molar refractivity (Wildman–Crippen MR) is 104 cm³/mol. The molecule has 3 heterocycles. The second-order valence-electron chi connectivity index (χ2n) is 7.42. The van der Waals surface area contributed by atoms with Crippen molar-refractivity contribution < 1.29 is 28.9 Å². The number of aliphatic carboxylic acids is 1. The second-order valence-corrected chi connectivity index (χ2v) is 7.42. The third-order valence-electron chi connectivity index (χ3n) is 5.17. The van der Waals surface area contributed by atoms with Crippen LogP contribution in [0.15, 0.2) is 35.3 Å². The van der Waals surface area contributed by atoms with Gasteiger partial charge in [-0.2, -0.15) is 0 Å². The lowest BCUT2D eigenvalue weighted by Crippen LogP contribution is -2.50. The van der Waals surface area contributed by atoms with E-state index in [1.54, 1.807) is 12.1 Å². The zero-order valence-corrected chi connectivity index (χ0v) is 16.1. The molecule has 2 N–H and O–H groups in total. The van der Waals surface area contributed by atoms with Crippen molar-refractivity contribution in [2.24, 2.45) is 0 Å². The van der Waals surface area contributed by atoms with Crippen LogP contribution in [0, 0.1) is 5.82 Å². The lowest BCUT2D eigenvalue weighted by atomic mass is 9.99. The van der Waals surface area contributed by atoms with Crippen LogP contribution in [0.2, 0.25) is 0 Å². The van der Waals surface area contributed by atoms with E-state index in [2.05, 4.69) is 4.98 Å². The predicted octanol–water partition coefficient (Wildman–Crippen LogP) is 2.27. The number of hydrogen-bond acceptors (Lipinski definition) is 6. The van der Waals surface area contributed by atoms with Crippen LogP contribution in [-0.4, -0.2) is 37.1 Å². The standard InChI is InChI=1S/C21H17FN2O6/c1-10(25)14-17(26)15-16-18(30-21(2,20(28)29)9-24(16)19(14)27)12(8-23-15)7-11-3-5-13(22)6-4-11/h3-6,8,26H,7,9H2,1-2H3,(H,28,29)/t21-/m0/s1. The van der Waals surface area contributed by atoms with Crippen LogP contribution < -0.4 is 10.3 Å². The van der Waals surface area contributed by atoms with E-state index in [9.17, 15) is 29.0 Å². The highest BCUT2D eigenvalue weighted by molar-refractivity contribution is 6.02. The number of aromatic hydroxyl groups is 1. The molecule has 1 atom stereocenters. The average Bonchev–Trinajstić information content (AvgIpc) is 2.68. The Bertz CT molecular complexity index is 1280. The van der Waals surface area contributed by atoms with Crippen LogP contribution in [0.3, 0.4) is 0 Å². The van der Waals surface area contributed by atoms with Crippen LogP contribution >= 0.6 is 0 Å². The fraction of sp³-hybridized carbons (Fsp3) is 0.238. The summed E-state index contributed by atoms with van der Waals surface area (Å²) in [6.45, 7) is 2.08. The summed E-state index contributed by atoms with van der Waals surface area (Å²) in [7, 11) is 0. The molecule has 0 saturated carbocycles. The zero-order valence-electron chi connectivity index (χ0n) is 16.1. The number of Topliss-reactive ketones (excluding diaryl/α,β-unsaturated/α-hetero) is 1. The first-order valence-electron chi connectivity index (χ1n) is 9.07. The molecule has 0 spiro atoms. The molecule has 2 aromatic heterocycles. The van der Waals surface area contributed by atoms with Crippen molar-refractivity contribution in [2.75, 3.05) is 0 Å². The number of carbonyl (C=O) groups excluding carboxylic acids is 1. The third kappa shape index (κ3) is 2.90. The minimum Gasteiger partial charge on any atom is -0.505 e. The van der Waals surface area contributed by atoms with Crippen LogP contribution in [0.5, 0.6) is 11.5 Å².